The number of nitrogens with two attached hydrogens (primary N) is 1. The summed E-state index contributed by atoms with van der Waals surface area (Å²) < 4.78 is 11.1. The second-order valence-corrected chi connectivity index (χ2v) is 4.60. The van der Waals surface area contributed by atoms with Crippen molar-refractivity contribution in [3.8, 4) is 11.5 Å². The van der Waals surface area contributed by atoms with E-state index in [0.717, 1.165) is 36.9 Å². The first-order valence-electron chi connectivity index (χ1n) is 6.33. The minimum Gasteiger partial charge on any atom is -0.493 e. The number of benzene rings is 1. The zero-order valence-electron chi connectivity index (χ0n) is 10.4. The Morgan fingerprint density at radius 1 is 1.29 bits per heavy atom. The van der Waals surface area contributed by atoms with Gasteiger partial charge in [-0.25, -0.2) is 0 Å². The fraction of sp³-hybridized carbons (Fsp3) is 0.571. The second kappa shape index (κ2) is 5.92. The molecular formula is C14H21NO2. The van der Waals surface area contributed by atoms with Gasteiger partial charge in [0.1, 0.15) is 0 Å². The van der Waals surface area contributed by atoms with Crippen molar-refractivity contribution in [2.24, 2.45) is 11.7 Å². The topological polar surface area (TPSA) is 44.5 Å². The number of ether oxygens (including phenoxy) is 2. The third kappa shape index (κ3) is 3.63. The van der Waals surface area contributed by atoms with Gasteiger partial charge >= 0.3 is 0 Å². The summed E-state index contributed by atoms with van der Waals surface area (Å²) >= 11 is 0. The van der Waals surface area contributed by atoms with Crippen LogP contribution in [0, 0.1) is 5.92 Å². The van der Waals surface area contributed by atoms with Crippen molar-refractivity contribution in [3.05, 3.63) is 23.8 Å². The Morgan fingerprint density at radius 2 is 2.12 bits per heavy atom. The first kappa shape index (κ1) is 12.2. The molecule has 0 aromatic heterocycles. The summed E-state index contributed by atoms with van der Waals surface area (Å²) in [6, 6.07) is 6.04. The van der Waals surface area contributed by atoms with Gasteiger partial charge in [-0.3, -0.25) is 0 Å². The molecule has 0 heterocycles. The SMILES string of the molecule is COc1ccc(CCN)cc1OCCC1CC1. The highest BCUT2D eigenvalue weighted by atomic mass is 16.5. The Hall–Kier alpha value is -1.22. The van der Waals surface area contributed by atoms with E-state index in [4.69, 9.17) is 15.2 Å². The Labute approximate surface area is 103 Å². The van der Waals surface area contributed by atoms with E-state index in [1.54, 1.807) is 7.11 Å². The van der Waals surface area contributed by atoms with Gasteiger partial charge in [-0.15, -0.1) is 0 Å². The van der Waals surface area contributed by atoms with Crippen molar-refractivity contribution in [1.82, 2.24) is 0 Å². The molecule has 0 unspecified atom stereocenters. The van der Waals surface area contributed by atoms with Gasteiger partial charge in [-0.05, 0) is 43.0 Å². The molecule has 1 fully saturated rings. The maximum absolute atomic E-state index is 5.80. The molecule has 1 aromatic rings. The van der Waals surface area contributed by atoms with Crippen LogP contribution in [0.25, 0.3) is 0 Å². The fourth-order valence-electron chi connectivity index (χ4n) is 1.90. The van der Waals surface area contributed by atoms with E-state index in [1.165, 1.54) is 18.4 Å². The van der Waals surface area contributed by atoms with Crippen molar-refractivity contribution in [1.29, 1.82) is 0 Å². The van der Waals surface area contributed by atoms with Crippen LogP contribution in [0.1, 0.15) is 24.8 Å². The van der Waals surface area contributed by atoms with Gasteiger partial charge in [0, 0.05) is 0 Å². The van der Waals surface area contributed by atoms with Gasteiger partial charge in [0.25, 0.3) is 0 Å². The predicted octanol–water partition coefficient (Wildman–Crippen LogP) is 2.38. The summed E-state index contributed by atoms with van der Waals surface area (Å²) in [6.45, 7) is 1.45. The maximum Gasteiger partial charge on any atom is 0.161 e. The molecule has 2 N–H and O–H groups in total. The molecule has 3 nitrogen and oxygen atoms in total. The fourth-order valence-corrected chi connectivity index (χ4v) is 1.90. The molecule has 0 radical (unpaired) electrons. The van der Waals surface area contributed by atoms with Crippen LogP contribution in [0.5, 0.6) is 11.5 Å². The summed E-state index contributed by atoms with van der Waals surface area (Å²) in [6.07, 6.45) is 4.77. The van der Waals surface area contributed by atoms with Crippen molar-refractivity contribution < 1.29 is 9.47 Å². The van der Waals surface area contributed by atoms with E-state index in [0.29, 0.717) is 6.54 Å². The van der Waals surface area contributed by atoms with Gasteiger partial charge in [0.05, 0.1) is 13.7 Å². The highest BCUT2D eigenvalue weighted by Crippen LogP contribution is 2.33. The molecule has 0 bridgehead atoms. The van der Waals surface area contributed by atoms with Crippen LogP contribution in [-0.2, 0) is 6.42 Å². The lowest BCUT2D eigenvalue weighted by molar-refractivity contribution is 0.282. The first-order chi connectivity index (χ1) is 8.33. The maximum atomic E-state index is 5.80. The molecule has 17 heavy (non-hydrogen) atoms. The van der Waals surface area contributed by atoms with Crippen molar-refractivity contribution in [2.45, 2.75) is 25.7 Å². The zero-order valence-corrected chi connectivity index (χ0v) is 10.4. The molecule has 1 saturated carbocycles. The van der Waals surface area contributed by atoms with E-state index < -0.39 is 0 Å². The van der Waals surface area contributed by atoms with Crippen LogP contribution in [0.15, 0.2) is 18.2 Å². The lowest BCUT2D eigenvalue weighted by atomic mass is 10.1. The van der Waals surface area contributed by atoms with Crippen LogP contribution in [0.4, 0.5) is 0 Å². The molecule has 0 aliphatic heterocycles. The summed E-state index contributed by atoms with van der Waals surface area (Å²) in [5, 5.41) is 0. The number of hydrogen-bond acceptors (Lipinski definition) is 3. The molecule has 3 heteroatoms. The third-order valence-corrected chi connectivity index (χ3v) is 3.14. The molecule has 1 aliphatic rings. The molecule has 0 saturated heterocycles. The smallest absolute Gasteiger partial charge is 0.161 e. The summed E-state index contributed by atoms with van der Waals surface area (Å²) in [7, 11) is 1.67. The average molecular weight is 235 g/mol. The largest absolute Gasteiger partial charge is 0.493 e. The van der Waals surface area contributed by atoms with Crippen LogP contribution in [-0.4, -0.2) is 20.3 Å². The van der Waals surface area contributed by atoms with Crippen LogP contribution in [0.2, 0.25) is 0 Å². The van der Waals surface area contributed by atoms with Gasteiger partial charge in [-0.1, -0.05) is 18.9 Å². The molecule has 0 atom stereocenters. The number of rotatable bonds is 7. The Balaban J connectivity index is 1.96. The molecule has 0 spiro atoms. The van der Waals surface area contributed by atoms with E-state index in [2.05, 4.69) is 0 Å². The lowest BCUT2D eigenvalue weighted by Gasteiger charge is -2.12. The monoisotopic (exact) mass is 235 g/mol. The van der Waals surface area contributed by atoms with Gasteiger partial charge in [0.2, 0.25) is 0 Å². The van der Waals surface area contributed by atoms with Crippen molar-refractivity contribution in [2.75, 3.05) is 20.3 Å². The quantitative estimate of drug-likeness (QED) is 0.789. The molecule has 1 aliphatic carbocycles. The van der Waals surface area contributed by atoms with Crippen molar-refractivity contribution in [3.63, 3.8) is 0 Å². The molecular weight excluding hydrogens is 214 g/mol. The van der Waals surface area contributed by atoms with Gasteiger partial charge in [0.15, 0.2) is 11.5 Å². The molecule has 1 aromatic carbocycles. The summed E-state index contributed by atoms with van der Waals surface area (Å²) in [5.41, 5.74) is 6.76. The third-order valence-electron chi connectivity index (χ3n) is 3.14. The Bertz CT molecular complexity index is 361. The standard InChI is InChI=1S/C14H21NO2/c1-16-13-5-4-12(6-8-15)10-14(13)17-9-7-11-2-3-11/h4-5,10-11H,2-3,6-9,15H2,1H3. The minimum absolute atomic E-state index is 0.661. The zero-order chi connectivity index (χ0) is 12.1. The molecule has 2 rings (SSSR count). The van der Waals surface area contributed by atoms with E-state index in [-0.39, 0.29) is 0 Å². The van der Waals surface area contributed by atoms with Gasteiger partial charge < -0.3 is 15.2 Å². The Morgan fingerprint density at radius 3 is 2.76 bits per heavy atom. The first-order valence-corrected chi connectivity index (χ1v) is 6.33. The summed E-state index contributed by atoms with van der Waals surface area (Å²) in [5.74, 6) is 2.55. The number of methoxy groups -OCH3 is 1. The minimum atomic E-state index is 0.661. The highest BCUT2D eigenvalue weighted by molar-refractivity contribution is 5.43. The van der Waals surface area contributed by atoms with Crippen LogP contribution in [0.3, 0.4) is 0 Å². The summed E-state index contributed by atoms with van der Waals surface area (Å²) in [4.78, 5) is 0. The predicted molar refractivity (Wildman–Crippen MR) is 68.6 cm³/mol. The van der Waals surface area contributed by atoms with Crippen molar-refractivity contribution >= 4 is 0 Å². The number of hydrogen-bond donors (Lipinski definition) is 1. The van der Waals surface area contributed by atoms with E-state index in [9.17, 15) is 0 Å². The molecule has 94 valence electrons. The normalized spacial score (nSPS) is 14.7. The van der Waals surface area contributed by atoms with E-state index in [1.807, 2.05) is 18.2 Å². The average Bonchev–Trinajstić information content (AvgIpc) is 3.14. The van der Waals surface area contributed by atoms with E-state index >= 15 is 0 Å². The molecule has 0 amide bonds. The second-order valence-electron chi connectivity index (χ2n) is 4.60. The van der Waals surface area contributed by atoms with Crippen LogP contribution < -0.4 is 15.2 Å². The Kier molecular flexibility index (Phi) is 4.26. The highest BCUT2D eigenvalue weighted by Gasteiger charge is 2.20. The van der Waals surface area contributed by atoms with Crippen LogP contribution >= 0.6 is 0 Å². The van der Waals surface area contributed by atoms with Gasteiger partial charge in [-0.2, -0.15) is 0 Å². The lowest BCUT2D eigenvalue weighted by Crippen LogP contribution is -2.04.